The van der Waals surface area contributed by atoms with E-state index in [-0.39, 0.29) is 23.9 Å². The number of rotatable bonds is 4. The van der Waals surface area contributed by atoms with Crippen molar-refractivity contribution in [2.75, 3.05) is 11.1 Å². The van der Waals surface area contributed by atoms with Crippen LogP contribution in [0.1, 0.15) is 23.6 Å². The lowest BCUT2D eigenvalue weighted by atomic mass is 10.1. The highest BCUT2D eigenvalue weighted by molar-refractivity contribution is 7.99. The van der Waals surface area contributed by atoms with E-state index in [4.69, 9.17) is 16.6 Å². The predicted octanol–water partition coefficient (Wildman–Crippen LogP) is 4.53. The van der Waals surface area contributed by atoms with E-state index in [1.54, 1.807) is 27.6 Å². The Hall–Kier alpha value is -3.10. The number of halogens is 1. The van der Waals surface area contributed by atoms with Gasteiger partial charge < -0.3 is 5.32 Å². The molecule has 0 spiro atoms. The molecular formula is C23H20ClN5O2S. The number of amides is 1. The molecule has 5 rings (SSSR count). The van der Waals surface area contributed by atoms with E-state index in [1.807, 2.05) is 44.2 Å². The summed E-state index contributed by atoms with van der Waals surface area (Å²) in [7, 11) is 0. The lowest BCUT2D eigenvalue weighted by Gasteiger charge is -2.14. The van der Waals surface area contributed by atoms with Crippen molar-refractivity contribution in [2.24, 2.45) is 0 Å². The van der Waals surface area contributed by atoms with Crippen LogP contribution in [0.5, 0.6) is 0 Å². The van der Waals surface area contributed by atoms with E-state index in [1.165, 1.54) is 11.8 Å². The SMILES string of the molecule is Cc1cccc(-n2ncc3c(=O)n4c(nc32)SCC4CC(=O)Nc2cccc(Cl)c2C)c1. The van der Waals surface area contributed by atoms with Gasteiger partial charge in [-0.1, -0.05) is 41.6 Å². The van der Waals surface area contributed by atoms with E-state index < -0.39 is 0 Å². The Balaban J connectivity index is 1.45. The molecule has 0 bridgehead atoms. The van der Waals surface area contributed by atoms with Crippen LogP contribution in [-0.2, 0) is 4.79 Å². The maximum absolute atomic E-state index is 13.3. The summed E-state index contributed by atoms with van der Waals surface area (Å²) < 4.78 is 3.31. The van der Waals surface area contributed by atoms with Crippen LogP contribution >= 0.6 is 23.4 Å². The number of nitrogens with one attached hydrogen (secondary N) is 1. The summed E-state index contributed by atoms with van der Waals surface area (Å²) in [6, 6.07) is 13.0. The average Bonchev–Trinajstić information content (AvgIpc) is 3.36. The molecule has 0 fully saturated rings. The second-order valence-electron chi connectivity index (χ2n) is 7.83. The number of aromatic nitrogens is 4. The number of hydrogen-bond donors (Lipinski definition) is 1. The zero-order valence-corrected chi connectivity index (χ0v) is 19.1. The molecule has 1 aliphatic rings. The minimum atomic E-state index is -0.277. The molecule has 1 atom stereocenters. The zero-order chi connectivity index (χ0) is 22.4. The van der Waals surface area contributed by atoms with Gasteiger partial charge in [0.1, 0.15) is 5.39 Å². The topological polar surface area (TPSA) is 81.8 Å². The Morgan fingerprint density at radius 1 is 1.25 bits per heavy atom. The van der Waals surface area contributed by atoms with E-state index in [0.717, 1.165) is 16.8 Å². The standard InChI is InChI=1S/C23H20ClN5O2S/c1-13-5-3-6-15(9-13)29-21-17(11-25-29)22(31)28-16(12-32-23(28)27-21)10-20(30)26-19-8-4-7-18(24)14(19)2/h3-9,11,16H,10,12H2,1-2H3,(H,26,30). The molecule has 0 aliphatic carbocycles. The van der Waals surface area contributed by atoms with Crippen LogP contribution in [0.25, 0.3) is 16.7 Å². The molecule has 2 aromatic carbocycles. The Bertz CT molecular complexity index is 1430. The van der Waals surface area contributed by atoms with Gasteiger partial charge in [-0.2, -0.15) is 5.10 Å². The fraction of sp³-hybridized carbons (Fsp3) is 0.217. The highest BCUT2D eigenvalue weighted by Crippen LogP contribution is 2.34. The Morgan fingerprint density at radius 2 is 2.06 bits per heavy atom. The molecule has 162 valence electrons. The molecule has 9 heteroatoms. The first-order valence-electron chi connectivity index (χ1n) is 10.2. The summed E-state index contributed by atoms with van der Waals surface area (Å²) in [6.07, 6.45) is 1.72. The quantitative estimate of drug-likeness (QED) is 0.448. The molecular weight excluding hydrogens is 446 g/mol. The smallest absolute Gasteiger partial charge is 0.265 e. The number of carbonyl (C=O) groups is 1. The molecule has 0 radical (unpaired) electrons. The van der Waals surface area contributed by atoms with Crippen molar-refractivity contribution in [1.29, 1.82) is 0 Å². The van der Waals surface area contributed by atoms with E-state index >= 15 is 0 Å². The lowest BCUT2D eigenvalue weighted by Crippen LogP contribution is -2.27. The van der Waals surface area contributed by atoms with Crippen LogP contribution in [0.3, 0.4) is 0 Å². The van der Waals surface area contributed by atoms with Gasteiger partial charge in [-0.25, -0.2) is 9.67 Å². The molecule has 4 aromatic rings. The molecule has 1 amide bonds. The first kappa shape index (κ1) is 20.8. The Morgan fingerprint density at radius 3 is 2.88 bits per heavy atom. The number of nitrogens with zero attached hydrogens (tertiary/aromatic N) is 4. The number of fused-ring (bicyclic) bond motifs is 2. The van der Waals surface area contributed by atoms with Crippen LogP contribution in [-0.4, -0.2) is 31.0 Å². The van der Waals surface area contributed by atoms with Crippen molar-refractivity contribution in [3.8, 4) is 5.69 Å². The molecule has 3 heterocycles. The third kappa shape index (κ3) is 3.59. The van der Waals surface area contributed by atoms with E-state index in [9.17, 15) is 9.59 Å². The summed E-state index contributed by atoms with van der Waals surface area (Å²) in [5.41, 5.74) is 3.79. The molecule has 32 heavy (non-hydrogen) atoms. The second kappa shape index (κ2) is 8.11. The highest BCUT2D eigenvalue weighted by Gasteiger charge is 2.29. The van der Waals surface area contributed by atoms with Gasteiger partial charge in [0.2, 0.25) is 5.91 Å². The monoisotopic (exact) mass is 465 g/mol. The van der Waals surface area contributed by atoms with Crippen LogP contribution in [0.15, 0.2) is 58.6 Å². The molecule has 0 saturated heterocycles. The molecule has 1 aliphatic heterocycles. The van der Waals surface area contributed by atoms with Gasteiger partial charge in [-0.15, -0.1) is 0 Å². The summed E-state index contributed by atoms with van der Waals surface area (Å²) in [4.78, 5) is 30.7. The van der Waals surface area contributed by atoms with Crippen molar-refractivity contribution in [2.45, 2.75) is 31.5 Å². The minimum absolute atomic E-state index is 0.170. The number of hydrogen-bond acceptors (Lipinski definition) is 5. The zero-order valence-electron chi connectivity index (χ0n) is 17.5. The predicted molar refractivity (Wildman–Crippen MR) is 127 cm³/mol. The summed E-state index contributed by atoms with van der Waals surface area (Å²) in [6.45, 7) is 3.86. The average molecular weight is 466 g/mol. The largest absolute Gasteiger partial charge is 0.326 e. The van der Waals surface area contributed by atoms with Crippen molar-refractivity contribution in [3.63, 3.8) is 0 Å². The maximum atomic E-state index is 13.3. The van der Waals surface area contributed by atoms with Crippen molar-refractivity contribution in [3.05, 3.63) is 75.2 Å². The summed E-state index contributed by atoms with van der Waals surface area (Å²) in [5.74, 6) is 0.436. The molecule has 1 N–H and O–H groups in total. The minimum Gasteiger partial charge on any atom is -0.326 e. The number of thioether (sulfide) groups is 1. The first-order valence-corrected chi connectivity index (χ1v) is 11.5. The summed E-state index contributed by atoms with van der Waals surface area (Å²) in [5, 5.41) is 8.96. The number of aryl methyl sites for hydroxylation is 1. The number of carbonyl (C=O) groups excluding carboxylic acids is 1. The lowest BCUT2D eigenvalue weighted by molar-refractivity contribution is -0.116. The van der Waals surface area contributed by atoms with Gasteiger partial charge in [0.05, 0.1) is 17.9 Å². The Labute approximate surface area is 193 Å². The second-order valence-corrected chi connectivity index (χ2v) is 9.23. The van der Waals surface area contributed by atoms with Crippen LogP contribution in [0.2, 0.25) is 5.02 Å². The molecule has 7 nitrogen and oxygen atoms in total. The van der Waals surface area contributed by atoms with Crippen LogP contribution in [0.4, 0.5) is 5.69 Å². The third-order valence-electron chi connectivity index (χ3n) is 5.58. The van der Waals surface area contributed by atoms with Crippen LogP contribution < -0.4 is 10.9 Å². The number of benzene rings is 2. The van der Waals surface area contributed by atoms with Gasteiger partial charge in [-0.3, -0.25) is 14.2 Å². The highest BCUT2D eigenvalue weighted by atomic mass is 35.5. The Kier molecular flexibility index (Phi) is 5.27. The van der Waals surface area contributed by atoms with Gasteiger partial charge in [-0.05, 0) is 49.2 Å². The van der Waals surface area contributed by atoms with Crippen molar-refractivity contribution >= 4 is 46.0 Å². The summed E-state index contributed by atoms with van der Waals surface area (Å²) >= 11 is 7.63. The van der Waals surface area contributed by atoms with E-state index in [0.29, 0.717) is 32.7 Å². The fourth-order valence-electron chi connectivity index (χ4n) is 3.89. The first-order chi connectivity index (χ1) is 15.4. The van der Waals surface area contributed by atoms with Gasteiger partial charge in [0.25, 0.3) is 5.56 Å². The molecule has 2 aromatic heterocycles. The molecule has 1 unspecified atom stereocenters. The van der Waals surface area contributed by atoms with Gasteiger partial charge >= 0.3 is 0 Å². The van der Waals surface area contributed by atoms with Crippen molar-refractivity contribution in [1.82, 2.24) is 19.3 Å². The van der Waals surface area contributed by atoms with Gasteiger partial charge in [0, 0.05) is 22.9 Å². The fourth-order valence-corrected chi connectivity index (χ4v) is 5.19. The maximum Gasteiger partial charge on any atom is 0.265 e. The van der Waals surface area contributed by atoms with Crippen molar-refractivity contribution < 1.29 is 4.79 Å². The third-order valence-corrected chi connectivity index (χ3v) is 7.09. The molecule has 0 saturated carbocycles. The number of anilines is 1. The van der Waals surface area contributed by atoms with Crippen LogP contribution in [0, 0.1) is 13.8 Å². The normalized spacial score (nSPS) is 15.2. The van der Waals surface area contributed by atoms with E-state index in [2.05, 4.69) is 10.4 Å². The van der Waals surface area contributed by atoms with Gasteiger partial charge in [0.15, 0.2) is 10.8 Å².